The van der Waals surface area contributed by atoms with Gasteiger partial charge in [-0.2, -0.15) is 0 Å². The predicted octanol–water partition coefficient (Wildman–Crippen LogP) is 3.91. The SMILES string of the molecule is CCCOc1cc(C(C)(C)C)ccc1F. The molecule has 1 rings (SSSR count). The van der Waals surface area contributed by atoms with E-state index in [9.17, 15) is 4.39 Å². The molecular formula is C13H19FO. The quantitative estimate of drug-likeness (QED) is 0.735. The summed E-state index contributed by atoms with van der Waals surface area (Å²) in [6.45, 7) is 8.87. The molecule has 0 saturated heterocycles. The van der Waals surface area contributed by atoms with Crippen LogP contribution in [0, 0.1) is 5.82 Å². The first-order valence-corrected chi connectivity index (χ1v) is 5.38. The van der Waals surface area contributed by atoms with Gasteiger partial charge in [-0.25, -0.2) is 4.39 Å². The lowest BCUT2D eigenvalue weighted by molar-refractivity contribution is 0.300. The topological polar surface area (TPSA) is 9.23 Å². The molecule has 84 valence electrons. The van der Waals surface area contributed by atoms with Crippen LogP contribution < -0.4 is 4.74 Å². The third kappa shape index (κ3) is 3.22. The fraction of sp³-hybridized carbons (Fsp3) is 0.538. The average Bonchev–Trinajstić information content (AvgIpc) is 2.15. The molecule has 15 heavy (non-hydrogen) atoms. The van der Waals surface area contributed by atoms with E-state index < -0.39 is 0 Å². The van der Waals surface area contributed by atoms with Crippen molar-refractivity contribution in [3.05, 3.63) is 29.6 Å². The van der Waals surface area contributed by atoms with E-state index >= 15 is 0 Å². The van der Waals surface area contributed by atoms with E-state index in [-0.39, 0.29) is 11.2 Å². The highest BCUT2D eigenvalue weighted by Gasteiger charge is 2.15. The summed E-state index contributed by atoms with van der Waals surface area (Å²) >= 11 is 0. The molecule has 1 aromatic rings. The third-order valence-electron chi connectivity index (χ3n) is 2.26. The Morgan fingerprint density at radius 1 is 1.27 bits per heavy atom. The van der Waals surface area contributed by atoms with Gasteiger partial charge in [-0.05, 0) is 29.5 Å². The van der Waals surface area contributed by atoms with Gasteiger partial charge in [0.05, 0.1) is 6.61 Å². The van der Waals surface area contributed by atoms with Crippen LogP contribution in [0.4, 0.5) is 4.39 Å². The van der Waals surface area contributed by atoms with Crippen molar-refractivity contribution in [2.75, 3.05) is 6.61 Å². The summed E-state index contributed by atoms with van der Waals surface area (Å²) in [5.41, 5.74) is 1.12. The summed E-state index contributed by atoms with van der Waals surface area (Å²) in [5, 5.41) is 0. The second-order valence-corrected chi connectivity index (χ2v) is 4.74. The van der Waals surface area contributed by atoms with Crippen LogP contribution in [0.15, 0.2) is 18.2 Å². The second kappa shape index (κ2) is 4.65. The monoisotopic (exact) mass is 210 g/mol. The molecule has 0 N–H and O–H groups in total. The molecule has 0 aliphatic carbocycles. The fourth-order valence-electron chi connectivity index (χ4n) is 1.29. The zero-order valence-electron chi connectivity index (χ0n) is 9.93. The molecule has 0 fully saturated rings. The van der Waals surface area contributed by atoms with Gasteiger partial charge in [0.25, 0.3) is 0 Å². The van der Waals surface area contributed by atoms with Gasteiger partial charge in [0, 0.05) is 0 Å². The maximum atomic E-state index is 13.4. The molecule has 2 heteroatoms. The van der Waals surface area contributed by atoms with Crippen molar-refractivity contribution in [1.29, 1.82) is 0 Å². The molecule has 0 spiro atoms. The van der Waals surface area contributed by atoms with Gasteiger partial charge in [0.1, 0.15) is 0 Å². The molecule has 1 nitrogen and oxygen atoms in total. The number of hydrogen-bond donors (Lipinski definition) is 0. The molecule has 0 heterocycles. The van der Waals surface area contributed by atoms with Gasteiger partial charge in [0.15, 0.2) is 11.6 Å². The van der Waals surface area contributed by atoms with Gasteiger partial charge in [-0.15, -0.1) is 0 Å². The minimum absolute atomic E-state index is 0.0258. The smallest absolute Gasteiger partial charge is 0.165 e. The van der Waals surface area contributed by atoms with E-state index in [1.54, 1.807) is 6.07 Å². The van der Waals surface area contributed by atoms with Crippen LogP contribution >= 0.6 is 0 Å². The van der Waals surface area contributed by atoms with Gasteiger partial charge in [0.2, 0.25) is 0 Å². The van der Waals surface area contributed by atoms with Crippen molar-refractivity contribution < 1.29 is 9.13 Å². The highest BCUT2D eigenvalue weighted by atomic mass is 19.1. The Kier molecular flexibility index (Phi) is 3.72. The summed E-state index contributed by atoms with van der Waals surface area (Å²) in [6, 6.07) is 5.09. The van der Waals surface area contributed by atoms with E-state index in [4.69, 9.17) is 4.74 Å². The molecule has 0 amide bonds. The Morgan fingerprint density at radius 3 is 2.47 bits per heavy atom. The van der Waals surface area contributed by atoms with E-state index in [0.29, 0.717) is 12.4 Å². The first-order chi connectivity index (χ1) is 6.95. The van der Waals surface area contributed by atoms with Crippen molar-refractivity contribution in [1.82, 2.24) is 0 Å². The Hall–Kier alpha value is -1.05. The molecule has 0 unspecified atom stereocenters. The number of ether oxygens (including phenoxy) is 1. The van der Waals surface area contributed by atoms with Crippen molar-refractivity contribution in [2.45, 2.75) is 39.5 Å². The normalized spacial score (nSPS) is 11.5. The van der Waals surface area contributed by atoms with Crippen LogP contribution in [0.1, 0.15) is 39.7 Å². The van der Waals surface area contributed by atoms with E-state index in [2.05, 4.69) is 20.8 Å². The van der Waals surface area contributed by atoms with Gasteiger partial charge in [-0.3, -0.25) is 0 Å². The molecule has 0 aromatic heterocycles. The molecule has 1 aromatic carbocycles. The summed E-state index contributed by atoms with van der Waals surface area (Å²) in [7, 11) is 0. The van der Waals surface area contributed by atoms with Crippen LogP contribution in [0.25, 0.3) is 0 Å². The van der Waals surface area contributed by atoms with E-state index in [1.807, 2.05) is 13.0 Å². The Bertz CT molecular complexity index is 326. The second-order valence-electron chi connectivity index (χ2n) is 4.74. The standard InChI is InChI=1S/C13H19FO/c1-5-8-15-12-9-10(13(2,3)4)6-7-11(12)14/h6-7,9H,5,8H2,1-4H3. The maximum absolute atomic E-state index is 13.4. The summed E-state index contributed by atoms with van der Waals surface area (Å²) in [4.78, 5) is 0. The van der Waals surface area contributed by atoms with Crippen molar-refractivity contribution >= 4 is 0 Å². The zero-order valence-corrected chi connectivity index (χ0v) is 9.93. The van der Waals surface area contributed by atoms with Crippen LogP contribution in [0.2, 0.25) is 0 Å². The lowest BCUT2D eigenvalue weighted by Crippen LogP contribution is -2.11. The minimum Gasteiger partial charge on any atom is -0.491 e. The Balaban J connectivity index is 2.95. The summed E-state index contributed by atoms with van der Waals surface area (Å²) in [6.07, 6.45) is 0.888. The first kappa shape index (κ1) is 12.0. The van der Waals surface area contributed by atoms with Crippen molar-refractivity contribution in [3.8, 4) is 5.75 Å². The molecule has 0 radical (unpaired) electrons. The fourth-order valence-corrected chi connectivity index (χ4v) is 1.29. The van der Waals surface area contributed by atoms with E-state index in [1.165, 1.54) is 6.07 Å². The molecule has 0 saturated carbocycles. The van der Waals surface area contributed by atoms with Crippen molar-refractivity contribution in [2.24, 2.45) is 0 Å². The lowest BCUT2D eigenvalue weighted by Gasteiger charge is -2.20. The molecule has 0 aliphatic heterocycles. The molecule has 0 aliphatic rings. The van der Waals surface area contributed by atoms with Crippen LogP contribution in [0.5, 0.6) is 5.75 Å². The highest BCUT2D eigenvalue weighted by molar-refractivity contribution is 5.34. The maximum Gasteiger partial charge on any atom is 0.165 e. The third-order valence-corrected chi connectivity index (χ3v) is 2.26. The predicted molar refractivity (Wildman–Crippen MR) is 60.9 cm³/mol. The van der Waals surface area contributed by atoms with Gasteiger partial charge in [-0.1, -0.05) is 33.8 Å². The van der Waals surface area contributed by atoms with Gasteiger partial charge < -0.3 is 4.74 Å². The highest BCUT2D eigenvalue weighted by Crippen LogP contribution is 2.27. The molecule has 0 bridgehead atoms. The molecule has 0 atom stereocenters. The van der Waals surface area contributed by atoms with Crippen molar-refractivity contribution in [3.63, 3.8) is 0 Å². The molecular weight excluding hydrogens is 191 g/mol. The van der Waals surface area contributed by atoms with Gasteiger partial charge >= 0.3 is 0 Å². The number of benzene rings is 1. The number of rotatable bonds is 3. The largest absolute Gasteiger partial charge is 0.491 e. The van der Waals surface area contributed by atoms with Crippen LogP contribution in [-0.4, -0.2) is 6.61 Å². The first-order valence-electron chi connectivity index (χ1n) is 5.38. The average molecular weight is 210 g/mol. The number of hydrogen-bond acceptors (Lipinski definition) is 1. The Labute approximate surface area is 91.3 Å². The van der Waals surface area contributed by atoms with Crippen LogP contribution in [-0.2, 0) is 5.41 Å². The lowest BCUT2D eigenvalue weighted by atomic mass is 9.87. The zero-order chi connectivity index (χ0) is 11.5. The minimum atomic E-state index is -0.281. The summed E-state index contributed by atoms with van der Waals surface area (Å²) < 4.78 is 18.7. The Morgan fingerprint density at radius 2 is 1.93 bits per heavy atom. The number of halogens is 1. The summed E-state index contributed by atoms with van der Waals surface area (Å²) in [5.74, 6) is 0.0840. The van der Waals surface area contributed by atoms with Crippen LogP contribution in [0.3, 0.4) is 0 Å². The van der Waals surface area contributed by atoms with E-state index in [0.717, 1.165) is 12.0 Å².